The van der Waals surface area contributed by atoms with Gasteiger partial charge in [0.05, 0.1) is 12.5 Å². The molecule has 0 aliphatic rings. The predicted molar refractivity (Wildman–Crippen MR) is 121 cm³/mol. The summed E-state index contributed by atoms with van der Waals surface area (Å²) in [5, 5.41) is 0. The molecule has 0 aliphatic carbocycles. The van der Waals surface area contributed by atoms with Crippen molar-refractivity contribution >= 4 is 5.91 Å². The average molecular weight is 423 g/mol. The third kappa shape index (κ3) is 6.28. The predicted octanol–water partition coefficient (Wildman–Crippen LogP) is 5.23. The molecule has 1 amide bonds. The highest BCUT2D eigenvalue weighted by atomic mass is 19.1. The van der Waals surface area contributed by atoms with E-state index in [9.17, 15) is 9.18 Å². The van der Waals surface area contributed by atoms with Crippen LogP contribution >= 0.6 is 0 Å². The van der Waals surface area contributed by atoms with Crippen LogP contribution in [-0.4, -0.2) is 35.6 Å². The Morgan fingerprint density at radius 3 is 2.61 bits per heavy atom. The molecule has 5 heteroatoms. The van der Waals surface area contributed by atoms with Gasteiger partial charge in [-0.2, -0.15) is 0 Å². The smallest absolute Gasteiger partial charge is 0.230 e. The van der Waals surface area contributed by atoms with Crippen molar-refractivity contribution in [3.05, 3.63) is 95.6 Å². The van der Waals surface area contributed by atoms with Crippen molar-refractivity contribution in [2.24, 2.45) is 0 Å². The topological polar surface area (TPSA) is 34.5 Å². The van der Waals surface area contributed by atoms with Crippen molar-refractivity contribution in [1.29, 1.82) is 0 Å². The Hall–Kier alpha value is -2.92. The number of carbonyl (C=O) groups excluding carboxylic acids is 1. The van der Waals surface area contributed by atoms with Crippen LogP contribution in [0.4, 0.5) is 4.39 Å². The summed E-state index contributed by atoms with van der Waals surface area (Å²) < 4.78 is 20.9. The molecule has 0 N–H and O–H groups in total. The van der Waals surface area contributed by atoms with E-state index in [2.05, 4.69) is 11.5 Å². The zero-order valence-corrected chi connectivity index (χ0v) is 18.3. The van der Waals surface area contributed by atoms with Gasteiger partial charge in [0.1, 0.15) is 5.82 Å². The first kappa shape index (κ1) is 22.8. The number of ether oxygens (including phenoxy) is 1. The van der Waals surface area contributed by atoms with Crippen LogP contribution in [0.25, 0.3) is 0 Å². The number of amides is 1. The number of hydrogen-bond donors (Lipinski definition) is 0. The normalized spacial score (nSPS) is 12.0. The van der Waals surface area contributed by atoms with Crippen LogP contribution in [0.5, 0.6) is 0 Å². The van der Waals surface area contributed by atoms with Gasteiger partial charge >= 0.3 is 0 Å². The summed E-state index contributed by atoms with van der Waals surface area (Å²) in [5.41, 5.74) is 2.96. The molecule has 0 fully saturated rings. The number of hydrogen-bond acceptors (Lipinski definition) is 2. The molecular formula is C26H31FN2O2. The van der Waals surface area contributed by atoms with E-state index in [0.717, 1.165) is 29.7 Å². The quantitative estimate of drug-likeness (QED) is 0.396. The lowest BCUT2D eigenvalue weighted by atomic mass is 9.95. The summed E-state index contributed by atoms with van der Waals surface area (Å²) in [6.45, 7) is 4.36. The van der Waals surface area contributed by atoms with E-state index >= 15 is 0 Å². The highest BCUT2D eigenvalue weighted by Gasteiger charge is 2.25. The van der Waals surface area contributed by atoms with Crippen LogP contribution in [0.15, 0.2) is 72.9 Å². The number of rotatable bonds is 11. The summed E-state index contributed by atoms with van der Waals surface area (Å²) >= 11 is 0. The number of nitrogens with zero attached hydrogens (tertiary/aromatic N) is 2. The number of methoxy groups -OCH3 is 1. The van der Waals surface area contributed by atoms with Crippen molar-refractivity contribution < 1.29 is 13.9 Å². The molecule has 0 bridgehead atoms. The van der Waals surface area contributed by atoms with E-state index in [4.69, 9.17) is 4.74 Å². The van der Waals surface area contributed by atoms with Gasteiger partial charge in [0.2, 0.25) is 5.91 Å². The SMILES string of the molecule is CC[C@H](C(=O)N(CCCOC)Cc1cccn1Cc1cccc(F)c1)c1ccccc1. The molecule has 31 heavy (non-hydrogen) atoms. The molecular weight excluding hydrogens is 391 g/mol. The van der Waals surface area contributed by atoms with E-state index < -0.39 is 0 Å². The maximum absolute atomic E-state index is 13.6. The van der Waals surface area contributed by atoms with Crippen LogP contribution < -0.4 is 0 Å². The van der Waals surface area contributed by atoms with Gasteiger partial charge in [-0.25, -0.2) is 4.39 Å². The molecule has 1 heterocycles. The van der Waals surface area contributed by atoms with Gasteiger partial charge in [-0.3, -0.25) is 4.79 Å². The van der Waals surface area contributed by atoms with Crippen molar-refractivity contribution in [3.8, 4) is 0 Å². The summed E-state index contributed by atoms with van der Waals surface area (Å²) in [5.74, 6) is -0.282. The first-order valence-electron chi connectivity index (χ1n) is 10.8. The molecule has 0 saturated carbocycles. The molecule has 3 rings (SSSR count). The van der Waals surface area contributed by atoms with E-state index in [1.54, 1.807) is 19.2 Å². The molecule has 1 atom stereocenters. The maximum atomic E-state index is 13.6. The third-order valence-corrected chi connectivity index (χ3v) is 5.51. The second-order valence-corrected chi connectivity index (χ2v) is 7.74. The van der Waals surface area contributed by atoms with Gasteiger partial charge < -0.3 is 14.2 Å². The number of benzene rings is 2. The lowest BCUT2D eigenvalue weighted by molar-refractivity contribution is -0.133. The molecule has 3 aromatic rings. The fourth-order valence-corrected chi connectivity index (χ4v) is 3.90. The third-order valence-electron chi connectivity index (χ3n) is 5.51. The average Bonchev–Trinajstić information content (AvgIpc) is 3.21. The molecule has 1 aromatic heterocycles. The molecule has 4 nitrogen and oxygen atoms in total. The van der Waals surface area contributed by atoms with Crippen molar-refractivity contribution in [1.82, 2.24) is 9.47 Å². The largest absolute Gasteiger partial charge is 0.385 e. The highest BCUT2D eigenvalue weighted by molar-refractivity contribution is 5.83. The van der Waals surface area contributed by atoms with Crippen LogP contribution in [0.1, 0.15) is 42.5 Å². The minimum absolute atomic E-state index is 0.128. The number of carbonyl (C=O) groups is 1. The molecule has 2 aromatic carbocycles. The highest BCUT2D eigenvalue weighted by Crippen LogP contribution is 2.23. The molecule has 0 aliphatic heterocycles. The van der Waals surface area contributed by atoms with E-state index in [-0.39, 0.29) is 17.6 Å². The minimum atomic E-state index is -0.240. The Kier molecular flexibility index (Phi) is 8.42. The Balaban J connectivity index is 1.80. The molecule has 0 saturated heterocycles. The lowest BCUT2D eigenvalue weighted by Crippen LogP contribution is -2.36. The summed E-state index contributed by atoms with van der Waals surface area (Å²) in [4.78, 5) is 15.5. The fraction of sp³-hybridized carbons (Fsp3) is 0.346. The van der Waals surface area contributed by atoms with Crippen molar-refractivity contribution in [3.63, 3.8) is 0 Å². The summed E-state index contributed by atoms with van der Waals surface area (Å²) in [7, 11) is 1.68. The monoisotopic (exact) mass is 422 g/mol. The van der Waals surface area contributed by atoms with Gasteiger partial charge in [-0.15, -0.1) is 0 Å². The molecule has 0 unspecified atom stereocenters. The first-order chi connectivity index (χ1) is 15.1. The maximum Gasteiger partial charge on any atom is 0.230 e. The molecule has 0 radical (unpaired) electrons. The van der Waals surface area contributed by atoms with Crippen LogP contribution in [0.3, 0.4) is 0 Å². The van der Waals surface area contributed by atoms with E-state index in [1.807, 2.05) is 59.6 Å². The zero-order valence-electron chi connectivity index (χ0n) is 18.3. The summed E-state index contributed by atoms with van der Waals surface area (Å²) in [6, 6.07) is 20.6. The van der Waals surface area contributed by atoms with Gasteiger partial charge in [0.25, 0.3) is 0 Å². The number of halogens is 1. The summed E-state index contributed by atoms with van der Waals surface area (Å²) in [6.07, 6.45) is 3.50. The van der Waals surface area contributed by atoms with Crippen molar-refractivity contribution in [2.75, 3.05) is 20.3 Å². The zero-order chi connectivity index (χ0) is 22.1. The van der Waals surface area contributed by atoms with Gasteiger partial charge in [-0.1, -0.05) is 49.4 Å². The first-order valence-corrected chi connectivity index (χ1v) is 10.8. The Morgan fingerprint density at radius 2 is 1.90 bits per heavy atom. The number of aromatic nitrogens is 1. The van der Waals surface area contributed by atoms with Gasteiger partial charge in [-0.05, 0) is 48.2 Å². The van der Waals surface area contributed by atoms with Crippen LogP contribution in [-0.2, 0) is 22.6 Å². The van der Waals surface area contributed by atoms with Gasteiger partial charge in [0.15, 0.2) is 0 Å². The fourth-order valence-electron chi connectivity index (χ4n) is 3.90. The minimum Gasteiger partial charge on any atom is -0.385 e. The van der Waals surface area contributed by atoms with Crippen LogP contribution in [0.2, 0.25) is 0 Å². The molecule has 0 spiro atoms. The Morgan fingerprint density at radius 1 is 1.10 bits per heavy atom. The standard InChI is InChI=1S/C26H31FN2O2/c1-3-25(22-11-5-4-6-12-22)26(30)29(16-9-17-31-2)20-24-14-8-15-28(24)19-21-10-7-13-23(27)18-21/h4-8,10-15,18,25H,3,9,16-17,19-20H2,1-2H3/t25-/m0/s1. The van der Waals surface area contributed by atoms with E-state index in [0.29, 0.717) is 26.2 Å². The molecule has 164 valence electrons. The second kappa shape index (κ2) is 11.5. The second-order valence-electron chi connectivity index (χ2n) is 7.74. The van der Waals surface area contributed by atoms with Crippen molar-refractivity contribution in [2.45, 2.75) is 38.8 Å². The lowest BCUT2D eigenvalue weighted by Gasteiger charge is -2.28. The van der Waals surface area contributed by atoms with Crippen LogP contribution in [0, 0.1) is 5.82 Å². The van der Waals surface area contributed by atoms with E-state index in [1.165, 1.54) is 6.07 Å². The van der Waals surface area contributed by atoms with Gasteiger partial charge in [0, 0.05) is 38.7 Å². The Labute approximate surface area is 184 Å². The Bertz CT molecular complexity index is 955.